The van der Waals surface area contributed by atoms with Gasteiger partial charge in [0.25, 0.3) is 0 Å². The molecule has 1 aromatic carbocycles. The van der Waals surface area contributed by atoms with Gasteiger partial charge >= 0.3 is 12.1 Å². The number of methoxy groups -OCH3 is 1. The number of oxime groups is 1. The Labute approximate surface area is 123 Å². The van der Waals surface area contributed by atoms with E-state index >= 15 is 0 Å². The molecular weight excluding hydrogens is 307 g/mol. The van der Waals surface area contributed by atoms with Crippen LogP contribution < -0.4 is 0 Å². The summed E-state index contributed by atoms with van der Waals surface area (Å²) < 4.78 is 43.8. The Morgan fingerprint density at radius 3 is 2.48 bits per heavy atom. The van der Waals surface area contributed by atoms with Gasteiger partial charge in [0.1, 0.15) is 0 Å². The Balaban J connectivity index is 3.29. The number of benzene rings is 1. The van der Waals surface area contributed by atoms with E-state index in [-0.39, 0.29) is 22.9 Å². The van der Waals surface area contributed by atoms with Gasteiger partial charge in [-0.1, -0.05) is 35.5 Å². The van der Waals surface area contributed by atoms with Gasteiger partial charge in [0.2, 0.25) is 0 Å². The van der Waals surface area contributed by atoms with E-state index in [2.05, 4.69) is 9.89 Å². The second-order valence-corrected chi connectivity index (χ2v) is 4.70. The monoisotopic (exact) mass is 319 g/mol. The largest absolute Gasteiger partial charge is 0.468 e. The maximum Gasteiger partial charge on any atom is 0.422 e. The molecule has 0 unspecified atom stereocenters. The second kappa shape index (κ2) is 7.72. The predicted molar refractivity (Wildman–Crippen MR) is 74.2 cm³/mol. The highest BCUT2D eigenvalue weighted by Gasteiger charge is 2.37. The molecule has 0 aromatic heterocycles. The third-order valence-electron chi connectivity index (χ3n) is 2.34. The molecule has 0 aliphatic carbocycles. The van der Waals surface area contributed by atoms with Crippen molar-refractivity contribution in [3.05, 3.63) is 40.8 Å². The van der Waals surface area contributed by atoms with Crippen LogP contribution in [0.15, 0.2) is 40.4 Å². The number of hydrogen-bond acceptors (Lipinski definition) is 5. The van der Waals surface area contributed by atoms with Crippen molar-refractivity contribution in [3.8, 4) is 0 Å². The van der Waals surface area contributed by atoms with Crippen LogP contribution in [0.5, 0.6) is 0 Å². The first-order chi connectivity index (χ1) is 9.90. The Hall–Kier alpha value is -1.96. The summed E-state index contributed by atoms with van der Waals surface area (Å²) in [6.07, 6.45) is -3.99. The van der Waals surface area contributed by atoms with Crippen molar-refractivity contribution in [2.45, 2.75) is 6.18 Å². The maximum absolute atomic E-state index is 13.2. The van der Waals surface area contributed by atoms with E-state index in [9.17, 15) is 18.0 Å². The van der Waals surface area contributed by atoms with Crippen LogP contribution in [0, 0.1) is 0 Å². The number of carbonyl (C=O) groups excluding carboxylic acids is 1. The van der Waals surface area contributed by atoms with E-state index < -0.39 is 22.8 Å². The first kappa shape index (κ1) is 17.1. The average Bonchev–Trinajstić information content (AvgIpc) is 2.45. The Morgan fingerprint density at radius 1 is 1.38 bits per heavy atom. The highest BCUT2D eigenvalue weighted by Crippen LogP contribution is 2.39. The van der Waals surface area contributed by atoms with E-state index in [1.54, 1.807) is 18.2 Å². The zero-order chi connectivity index (χ0) is 15.9. The summed E-state index contributed by atoms with van der Waals surface area (Å²) in [5.74, 6) is -1.28. The number of thioether (sulfide) groups is 1. The quantitative estimate of drug-likeness (QED) is 0.391. The highest BCUT2D eigenvalue weighted by atomic mass is 32.2. The van der Waals surface area contributed by atoms with Crippen LogP contribution in [0.2, 0.25) is 0 Å². The molecule has 8 heteroatoms. The normalized spacial score (nSPS) is 13.1. The first-order valence-electron chi connectivity index (χ1n) is 5.64. The van der Waals surface area contributed by atoms with Gasteiger partial charge in [0, 0.05) is 5.57 Å². The minimum Gasteiger partial charge on any atom is -0.468 e. The number of nitrogens with zero attached hydrogens (tertiary/aromatic N) is 1. The third kappa shape index (κ3) is 5.14. The van der Waals surface area contributed by atoms with Crippen LogP contribution in [-0.4, -0.2) is 36.4 Å². The van der Waals surface area contributed by atoms with Crippen molar-refractivity contribution < 1.29 is 27.9 Å². The SMILES string of the molecule is COC(=O)CS/C(=C(/C=N\O)c1ccccc1)C(F)(F)F. The summed E-state index contributed by atoms with van der Waals surface area (Å²) in [5, 5.41) is 11.3. The number of hydrogen-bond donors (Lipinski definition) is 1. The van der Waals surface area contributed by atoms with E-state index in [0.29, 0.717) is 6.21 Å². The molecule has 1 N–H and O–H groups in total. The molecule has 0 heterocycles. The maximum atomic E-state index is 13.2. The first-order valence-corrected chi connectivity index (χ1v) is 6.62. The molecule has 1 rings (SSSR count). The van der Waals surface area contributed by atoms with Gasteiger partial charge in [-0.2, -0.15) is 13.2 Å². The van der Waals surface area contributed by atoms with Crippen molar-refractivity contribution in [1.82, 2.24) is 0 Å². The number of esters is 1. The summed E-state index contributed by atoms with van der Waals surface area (Å²) in [6, 6.07) is 7.65. The number of carbonyl (C=O) groups is 1. The fourth-order valence-electron chi connectivity index (χ4n) is 1.44. The number of alkyl halides is 3. The minimum absolute atomic E-state index is 0.222. The van der Waals surface area contributed by atoms with E-state index in [1.165, 1.54) is 12.1 Å². The number of allylic oxidation sites excluding steroid dienone is 2. The predicted octanol–water partition coefficient (Wildman–Crippen LogP) is 3.33. The Kier molecular flexibility index (Phi) is 6.29. The molecule has 0 spiro atoms. The van der Waals surface area contributed by atoms with Crippen LogP contribution in [0.3, 0.4) is 0 Å². The summed E-state index contributed by atoms with van der Waals surface area (Å²) >= 11 is 0.282. The van der Waals surface area contributed by atoms with Gasteiger partial charge in [-0.3, -0.25) is 4.79 Å². The molecule has 0 atom stereocenters. The zero-order valence-corrected chi connectivity index (χ0v) is 11.7. The molecule has 0 aliphatic heterocycles. The van der Waals surface area contributed by atoms with E-state index in [4.69, 9.17) is 5.21 Å². The van der Waals surface area contributed by atoms with Gasteiger partial charge in [0.05, 0.1) is 24.0 Å². The Morgan fingerprint density at radius 2 is 2.00 bits per heavy atom. The second-order valence-electron chi connectivity index (χ2n) is 3.72. The fourth-order valence-corrected chi connectivity index (χ4v) is 2.31. The molecule has 0 saturated heterocycles. The lowest BCUT2D eigenvalue weighted by molar-refractivity contribution is -0.137. The molecule has 0 saturated carbocycles. The summed E-state index contributed by atoms with van der Waals surface area (Å²) in [4.78, 5) is 10.0. The van der Waals surface area contributed by atoms with Crippen LogP contribution >= 0.6 is 11.8 Å². The fraction of sp³-hybridized carbons (Fsp3) is 0.231. The van der Waals surface area contributed by atoms with Gasteiger partial charge in [-0.05, 0) is 5.56 Å². The van der Waals surface area contributed by atoms with E-state index in [0.717, 1.165) is 7.11 Å². The topological polar surface area (TPSA) is 58.9 Å². The van der Waals surface area contributed by atoms with Gasteiger partial charge in [-0.15, -0.1) is 11.8 Å². The Bertz CT molecular complexity index is 541. The standard InChI is InChI=1S/C13H12F3NO3S/c1-20-11(18)8-21-12(13(14,15)16)10(7-17-19)9-5-3-2-4-6-9/h2-7,19H,8H2,1H3/b12-10-,17-7-. The summed E-state index contributed by atoms with van der Waals surface area (Å²) in [5.41, 5.74) is -0.0977. The van der Waals surface area contributed by atoms with Crippen LogP contribution in [-0.2, 0) is 9.53 Å². The van der Waals surface area contributed by atoms with Crippen molar-refractivity contribution in [2.24, 2.45) is 5.16 Å². The average molecular weight is 319 g/mol. The van der Waals surface area contributed by atoms with Crippen molar-refractivity contribution >= 4 is 29.5 Å². The summed E-state index contributed by atoms with van der Waals surface area (Å²) in [6.45, 7) is 0. The van der Waals surface area contributed by atoms with Crippen LogP contribution in [0.1, 0.15) is 5.56 Å². The van der Waals surface area contributed by atoms with Gasteiger partial charge < -0.3 is 9.94 Å². The molecule has 0 bridgehead atoms. The molecule has 0 aliphatic rings. The molecule has 0 fully saturated rings. The number of halogens is 3. The number of ether oxygens (including phenoxy) is 1. The molecule has 4 nitrogen and oxygen atoms in total. The van der Waals surface area contributed by atoms with Crippen molar-refractivity contribution in [2.75, 3.05) is 12.9 Å². The highest BCUT2D eigenvalue weighted by molar-refractivity contribution is 8.04. The third-order valence-corrected chi connectivity index (χ3v) is 3.46. The molecule has 0 radical (unpaired) electrons. The smallest absolute Gasteiger partial charge is 0.422 e. The molecule has 114 valence electrons. The van der Waals surface area contributed by atoms with Crippen LogP contribution in [0.25, 0.3) is 5.57 Å². The van der Waals surface area contributed by atoms with Crippen molar-refractivity contribution in [3.63, 3.8) is 0 Å². The van der Waals surface area contributed by atoms with Gasteiger partial charge in [-0.25, -0.2) is 0 Å². The summed E-state index contributed by atoms with van der Waals surface area (Å²) in [7, 11) is 1.09. The lowest BCUT2D eigenvalue weighted by Gasteiger charge is -2.14. The van der Waals surface area contributed by atoms with Crippen LogP contribution in [0.4, 0.5) is 13.2 Å². The van der Waals surface area contributed by atoms with Crippen molar-refractivity contribution in [1.29, 1.82) is 0 Å². The minimum atomic E-state index is -4.69. The molecule has 21 heavy (non-hydrogen) atoms. The molecular formula is C13H12F3NO3S. The molecule has 0 amide bonds. The lowest BCUT2D eigenvalue weighted by atomic mass is 10.1. The zero-order valence-electron chi connectivity index (χ0n) is 10.9. The number of rotatable bonds is 5. The van der Waals surface area contributed by atoms with E-state index in [1.807, 2.05) is 0 Å². The van der Waals surface area contributed by atoms with Gasteiger partial charge in [0.15, 0.2) is 0 Å². The lowest BCUT2D eigenvalue weighted by Crippen LogP contribution is -2.15. The molecule has 1 aromatic rings.